The summed E-state index contributed by atoms with van der Waals surface area (Å²) in [5, 5.41) is 6.24. The number of aromatic nitrogens is 4. The van der Waals surface area contributed by atoms with Gasteiger partial charge in [-0.1, -0.05) is 146 Å². The van der Waals surface area contributed by atoms with Crippen LogP contribution in [0, 0.1) is 0 Å². The highest BCUT2D eigenvalue weighted by molar-refractivity contribution is 7.26. The maximum Gasteiger partial charge on any atom is 0.165 e. The van der Waals surface area contributed by atoms with Gasteiger partial charge < -0.3 is 0 Å². The second-order valence-electron chi connectivity index (χ2n) is 13.4. The quantitative estimate of drug-likeness (QED) is 0.177. The Kier molecular flexibility index (Phi) is 7.18. The first-order valence-electron chi connectivity index (χ1n) is 17.9. The lowest BCUT2D eigenvalue weighted by Gasteiger charge is -2.10. The molecule has 0 saturated carbocycles. The summed E-state index contributed by atoms with van der Waals surface area (Å²) < 4.78 is 4.94. The molecule has 0 unspecified atom stereocenters. The smallest absolute Gasteiger partial charge is 0.165 e. The fourth-order valence-corrected chi connectivity index (χ4v) is 9.97. The van der Waals surface area contributed by atoms with Gasteiger partial charge in [-0.25, -0.2) is 19.9 Å². The van der Waals surface area contributed by atoms with Crippen molar-refractivity contribution in [3.05, 3.63) is 170 Å². The van der Waals surface area contributed by atoms with Crippen LogP contribution in [0.3, 0.4) is 0 Å². The first kappa shape index (κ1) is 31.0. The molecule has 0 fully saturated rings. The monoisotopic (exact) mass is 724 g/mol. The molecule has 0 aliphatic rings. The molecule has 0 saturated heterocycles. The van der Waals surface area contributed by atoms with Gasteiger partial charge in [-0.2, -0.15) is 0 Å². The van der Waals surface area contributed by atoms with Crippen LogP contribution < -0.4 is 0 Å². The zero-order chi connectivity index (χ0) is 35.6. The highest BCUT2D eigenvalue weighted by atomic mass is 32.1. The van der Waals surface area contributed by atoms with E-state index in [-0.39, 0.29) is 0 Å². The van der Waals surface area contributed by atoms with Crippen LogP contribution >= 0.6 is 22.7 Å². The van der Waals surface area contributed by atoms with Gasteiger partial charge in [0.1, 0.15) is 0 Å². The molecule has 7 aromatic carbocycles. The number of para-hydroxylation sites is 1. The fourth-order valence-electron chi connectivity index (χ4n) is 7.53. The second-order valence-corrected chi connectivity index (χ2v) is 15.5. The average molecular weight is 725 g/mol. The van der Waals surface area contributed by atoms with Crippen molar-refractivity contribution in [1.29, 1.82) is 0 Å². The third-order valence-corrected chi connectivity index (χ3v) is 12.6. The summed E-state index contributed by atoms with van der Waals surface area (Å²) in [6.45, 7) is 0. The van der Waals surface area contributed by atoms with E-state index in [1.54, 1.807) is 11.3 Å². The Morgan fingerprint density at radius 1 is 0.315 bits per heavy atom. The molecule has 0 atom stereocenters. The zero-order valence-electron chi connectivity index (χ0n) is 28.8. The van der Waals surface area contributed by atoms with Gasteiger partial charge in [0, 0.05) is 63.3 Å². The van der Waals surface area contributed by atoms with E-state index in [0.717, 1.165) is 44.6 Å². The molecule has 0 bridgehead atoms. The van der Waals surface area contributed by atoms with Crippen molar-refractivity contribution < 1.29 is 0 Å². The van der Waals surface area contributed by atoms with Gasteiger partial charge >= 0.3 is 0 Å². The van der Waals surface area contributed by atoms with Crippen LogP contribution in [0.1, 0.15) is 0 Å². The van der Waals surface area contributed by atoms with E-state index in [4.69, 9.17) is 19.9 Å². The van der Waals surface area contributed by atoms with E-state index in [2.05, 4.69) is 152 Å². The Labute approximate surface area is 318 Å². The minimum atomic E-state index is 0.647. The highest BCUT2D eigenvalue weighted by Crippen LogP contribution is 2.43. The van der Waals surface area contributed by atoms with E-state index in [1.165, 1.54) is 45.7 Å². The molecular weight excluding hydrogens is 697 g/mol. The normalized spacial score (nSPS) is 11.7. The summed E-state index contributed by atoms with van der Waals surface area (Å²) in [5.74, 6) is 1.97. The number of hydrogen-bond acceptors (Lipinski definition) is 6. The Balaban J connectivity index is 0.975. The number of thiophene rings is 2. The molecule has 0 aliphatic heterocycles. The maximum absolute atomic E-state index is 5.19. The molecule has 6 heteroatoms. The van der Waals surface area contributed by atoms with Crippen molar-refractivity contribution in [1.82, 2.24) is 19.9 Å². The molecule has 0 radical (unpaired) electrons. The van der Waals surface area contributed by atoms with E-state index < -0.39 is 0 Å². The van der Waals surface area contributed by atoms with Crippen LogP contribution in [0.2, 0.25) is 0 Å². The summed E-state index contributed by atoms with van der Waals surface area (Å²) in [5.41, 5.74) is 8.31. The lowest BCUT2D eigenvalue weighted by molar-refractivity contribution is 1.08. The molecule has 0 N–H and O–H groups in total. The van der Waals surface area contributed by atoms with Crippen molar-refractivity contribution >= 4 is 73.9 Å². The summed E-state index contributed by atoms with van der Waals surface area (Å²) in [7, 11) is 0. The molecule has 4 nitrogen and oxygen atoms in total. The summed E-state index contributed by atoms with van der Waals surface area (Å²) in [6, 6.07) is 59.6. The molecule has 4 heterocycles. The average Bonchev–Trinajstić information content (AvgIpc) is 3.83. The molecule has 0 spiro atoms. The van der Waals surface area contributed by atoms with Crippen LogP contribution in [0.4, 0.5) is 0 Å². The molecule has 252 valence electrons. The van der Waals surface area contributed by atoms with E-state index in [1.807, 2.05) is 29.5 Å². The lowest BCUT2D eigenvalue weighted by atomic mass is 9.99. The number of nitrogens with zero attached hydrogens (tertiary/aromatic N) is 4. The molecule has 11 aromatic rings. The lowest BCUT2D eigenvalue weighted by Crippen LogP contribution is -2.00. The van der Waals surface area contributed by atoms with Crippen molar-refractivity contribution in [2.24, 2.45) is 0 Å². The number of benzene rings is 7. The Bertz CT molecular complexity index is 3200. The third kappa shape index (κ3) is 5.11. The van der Waals surface area contributed by atoms with Gasteiger partial charge in [-0.3, -0.25) is 0 Å². The minimum Gasteiger partial charge on any atom is -0.246 e. The van der Waals surface area contributed by atoms with E-state index in [9.17, 15) is 0 Å². The van der Waals surface area contributed by atoms with Crippen molar-refractivity contribution in [2.45, 2.75) is 0 Å². The molecule has 4 aromatic heterocycles. The summed E-state index contributed by atoms with van der Waals surface area (Å²) in [6.07, 6.45) is 0. The van der Waals surface area contributed by atoms with Gasteiger partial charge in [0.25, 0.3) is 0 Å². The zero-order valence-corrected chi connectivity index (χ0v) is 30.4. The standard InChI is InChI=1S/C48H28N4S2/c1-2-11-32(12-3-1)46-50-47(52-48(51-46)38-17-10-16-35-34-13-5-8-19-40(34)53-44(35)38)33-27-23-30(24-28-33)29-21-25-31(26-22-29)43-45-42(36-14-4-7-18-39(36)49-43)37-15-6-9-20-41(37)54-45/h1-28H. The summed E-state index contributed by atoms with van der Waals surface area (Å²) >= 11 is 3.60. The van der Waals surface area contributed by atoms with Crippen molar-refractivity contribution in [3.63, 3.8) is 0 Å². The molecule has 11 rings (SSSR count). The van der Waals surface area contributed by atoms with Gasteiger partial charge in [-0.05, 0) is 35.4 Å². The number of rotatable bonds is 5. The minimum absolute atomic E-state index is 0.647. The first-order valence-corrected chi connectivity index (χ1v) is 19.5. The molecule has 54 heavy (non-hydrogen) atoms. The van der Waals surface area contributed by atoms with Crippen LogP contribution in [-0.4, -0.2) is 19.9 Å². The van der Waals surface area contributed by atoms with E-state index in [0.29, 0.717) is 17.5 Å². The van der Waals surface area contributed by atoms with Crippen LogP contribution in [0.5, 0.6) is 0 Å². The largest absolute Gasteiger partial charge is 0.246 e. The van der Waals surface area contributed by atoms with Crippen LogP contribution in [0.25, 0.3) is 108 Å². The second kappa shape index (κ2) is 12.5. The van der Waals surface area contributed by atoms with Crippen molar-refractivity contribution in [2.75, 3.05) is 0 Å². The van der Waals surface area contributed by atoms with Crippen LogP contribution in [0.15, 0.2) is 170 Å². The fraction of sp³-hybridized carbons (Fsp3) is 0. The highest BCUT2D eigenvalue weighted by Gasteiger charge is 2.18. The van der Waals surface area contributed by atoms with Crippen molar-refractivity contribution in [3.8, 4) is 56.5 Å². The number of fused-ring (bicyclic) bond motifs is 8. The van der Waals surface area contributed by atoms with Gasteiger partial charge in [0.15, 0.2) is 17.5 Å². The van der Waals surface area contributed by atoms with Gasteiger partial charge in [-0.15, -0.1) is 22.7 Å². The predicted molar refractivity (Wildman–Crippen MR) is 228 cm³/mol. The first-order chi connectivity index (χ1) is 26.7. The van der Waals surface area contributed by atoms with Gasteiger partial charge in [0.2, 0.25) is 0 Å². The van der Waals surface area contributed by atoms with E-state index >= 15 is 0 Å². The number of hydrogen-bond donors (Lipinski definition) is 0. The topological polar surface area (TPSA) is 51.6 Å². The Morgan fingerprint density at radius 3 is 1.57 bits per heavy atom. The SMILES string of the molecule is c1ccc(-c2nc(-c3ccc(-c4ccc(-c5nc6ccccc6c6c5sc5ccccc56)cc4)cc3)nc(-c3cccc4c3sc3ccccc34)n2)cc1. The van der Waals surface area contributed by atoms with Gasteiger partial charge in [0.05, 0.1) is 15.9 Å². The molecule has 0 amide bonds. The molecule has 0 aliphatic carbocycles. The molecular formula is C48H28N4S2. The summed E-state index contributed by atoms with van der Waals surface area (Å²) in [4.78, 5) is 20.4. The predicted octanol–water partition coefficient (Wildman–Crippen LogP) is 13.5. The third-order valence-electron chi connectivity index (χ3n) is 10.2. The Hall–Kier alpha value is -6.60. The van der Waals surface area contributed by atoms with Crippen LogP contribution in [-0.2, 0) is 0 Å². The maximum atomic E-state index is 5.19. The number of pyridine rings is 1. The Morgan fingerprint density at radius 2 is 0.833 bits per heavy atom.